The number of carbonyl (C=O) groups excluding carboxylic acids is 8. The van der Waals surface area contributed by atoms with Crippen molar-refractivity contribution in [1.82, 2.24) is 97.6 Å². The van der Waals surface area contributed by atoms with Gasteiger partial charge in [-0.25, -0.2) is 55.6 Å². The number of amides is 8. The molecule has 18 rings (SSSR count). The standard InChI is InChI=1S/C27H32FN5O3.C26H30FN5O3.C26H32FN5O3.C25H30FN5O3/c1-16(2)21-13-22(19-6-8-20(28)9-7-19)30-33-15-23(29-25(21)33)26(35)31-10-11-32(17(3)14-31)27(36)24(34)12-18-4-5-18;1-3-18-13-21(19-6-8-20(27)9-7-19)29-32-15-22(28-24(18)32)25(34)30-10-11-31(16(2)14-30)26(35)23(33)12-17-4-5-17;1-5-18-13-21(19-6-8-20(27)9-7-19)29-32-15-22(28-24(18)32)25(34)30-10-11-31(17(4)14-30)26(35)23(33)12-16(2)3;1-5-17-12-20(18-6-8-19(26)9-7-18)28-31-14-21(27-23(17)31)24(33)29-10-11-30(16(4)13-29)25(34)22(32)15(2)3/h6-9,13,15-18,24,34H,4-5,10-12,14H2,1-3H3;6-9,13,15-17,23,33H,3-5,10-12,14H2,1-2H3;6-9,13,15-17,23,33H,5,10-12,14H2,1-4H3;6-9,12,14-16,22,32H,5,10-11,13H2,1-4H3/t17-,24+;16-,23+;17-,23+;16-,22+/m0000/s1. The van der Waals surface area contributed by atoms with Gasteiger partial charge in [0, 0.05) is 131 Å². The van der Waals surface area contributed by atoms with E-state index in [9.17, 15) is 76.3 Å². The molecule has 4 aromatic carbocycles. The van der Waals surface area contributed by atoms with E-state index in [2.05, 4.69) is 54.2 Å². The van der Waals surface area contributed by atoms with Gasteiger partial charge in [-0.1, -0.05) is 88.0 Å². The molecule has 2 aliphatic carbocycles. The zero-order valence-electron chi connectivity index (χ0n) is 81.4. The van der Waals surface area contributed by atoms with Crippen LogP contribution in [0, 0.1) is 46.9 Å². The molecule has 8 amide bonds. The normalized spacial score (nSPS) is 18.3. The number of aliphatic hydroxyl groups excluding tert-OH is 4. The Bertz CT molecular complexity index is 6340. The lowest BCUT2D eigenvalue weighted by atomic mass is 10.0. The first-order chi connectivity index (χ1) is 66.9. The van der Waals surface area contributed by atoms with Crippen LogP contribution in [0.25, 0.3) is 67.6 Å². The van der Waals surface area contributed by atoms with Crippen molar-refractivity contribution in [2.75, 3.05) is 78.5 Å². The van der Waals surface area contributed by atoms with Gasteiger partial charge < -0.3 is 59.6 Å². The van der Waals surface area contributed by atoms with Crippen molar-refractivity contribution in [3.05, 3.63) is 214 Å². The summed E-state index contributed by atoms with van der Waals surface area (Å²) < 4.78 is 59.9. The molecular formula is C104H124F4N20O12. The summed E-state index contributed by atoms with van der Waals surface area (Å²) in [7, 11) is 0. The number of piperazine rings is 4. The molecule has 6 fully saturated rings. The highest BCUT2D eigenvalue weighted by Crippen LogP contribution is 2.37. The zero-order valence-corrected chi connectivity index (χ0v) is 81.4. The maximum atomic E-state index is 13.4. The lowest BCUT2D eigenvalue weighted by Crippen LogP contribution is -2.58. The summed E-state index contributed by atoms with van der Waals surface area (Å²) in [5, 5.41) is 59.5. The second-order valence-corrected chi connectivity index (χ2v) is 38.7. The Morgan fingerprint density at radius 1 is 0.350 bits per heavy atom. The van der Waals surface area contributed by atoms with Crippen LogP contribution in [0.15, 0.2) is 146 Å². The third-order valence-corrected chi connectivity index (χ3v) is 26.9. The van der Waals surface area contributed by atoms with E-state index >= 15 is 0 Å². The molecule has 740 valence electrons. The second-order valence-electron chi connectivity index (χ2n) is 38.7. The maximum absolute atomic E-state index is 13.4. The van der Waals surface area contributed by atoms with E-state index in [1.54, 1.807) is 144 Å². The van der Waals surface area contributed by atoms with E-state index in [-0.39, 0.29) is 124 Å². The van der Waals surface area contributed by atoms with Crippen LogP contribution in [0.1, 0.15) is 205 Å². The molecule has 12 aromatic rings. The predicted octanol–water partition coefficient (Wildman–Crippen LogP) is 12.4. The number of hydrogen-bond donors (Lipinski definition) is 4. The molecule has 0 unspecified atom stereocenters. The summed E-state index contributed by atoms with van der Waals surface area (Å²) in [6.45, 7) is 29.7. The molecule has 8 aromatic heterocycles. The molecule has 140 heavy (non-hydrogen) atoms. The zero-order chi connectivity index (χ0) is 100. The SMILES string of the molecule is CC(C)c1cc(-c2ccc(F)cc2)nn2cc(C(=O)N3CCN(C(=O)[C@H](O)CC4CC4)[C@@H](C)C3)nc12.CCc1cc(-c2ccc(F)cc2)nn2cc(C(=O)N3CCN(C(=O)[C@H](O)C(C)C)[C@@H](C)C3)nc12.CCc1cc(-c2ccc(F)cc2)nn2cc(C(=O)N3CCN(C(=O)[C@H](O)CC(C)C)[C@@H](C)C3)nc12.CCc1cc(-c2ccc(F)cc2)nn2cc(C(=O)N3CCN(C(=O)[C@H](O)CC4CC4)[C@@H](C)C3)nc12. The number of hydrogen-bond acceptors (Lipinski definition) is 20. The molecular weight excluding hydrogens is 1800 g/mol. The minimum Gasteiger partial charge on any atom is -0.383 e. The summed E-state index contributed by atoms with van der Waals surface area (Å²) >= 11 is 0. The van der Waals surface area contributed by atoms with Gasteiger partial charge in [0.05, 0.1) is 47.6 Å². The van der Waals surface area contributed by atoms with Crippen molar-refractivity contribution in [2.45, 2.75) is 209 Å². The first-order valence-electron chi connectivity index (χ1n) is 48.6. The largest absolute Gasteiger partial charge is 0.383 e. The van der Waals surface area contributed by atoms with E-state index in [1.165, 1.54) is 48.5 Å². The Labute approximate surface area is 810 Å². The predicted molar refractivity (Wildman–Crippen MR) is 517 cm³/mol. The Kier molecular flexibility index (Phi) is 31.5. The van der Waals surface area contributed by atoms with Crippen molar-refractivity contribution in [3.63, 3.8) is 0 Å². The molecule has 0 radical (unpaired) electrons. The molecule has 4 saturated heterocycles. The summed E-state index contributed by atoms with van der Waals surface area (Å²) in [6, 6.07) is 31.4. The Morgan fingerprint density at radius 3 is 0.857 bits per heavy atom. The number of aromatic nitrogens is 12. The van der Waals surface area contributed by atoms with E-state index in [4.69, 9.17) is 0 Å². The van der Waals surface area contributed by atoms with Crippen LogP contribution in [-0.2, 0) is 38.4 Å². The molecule has 36 heteroatoms. The van der Waals surface area contributed by atoms with Gasteiger partial charge in [0.15, 0.2) is 22.6 Å². The van der Waals surface area contributed by atoms with E-state index in [0.717, 1.165) is 70.2 Å². The number of fused-ring (bicyclic) bond motifs is 4. The number of nitrogens with zero attached hydrogens (tertiary/aromatic N) is 20. The van der Waals surface area contributed by atoms with Gasteiger partial charge in [-0.15, -0.1) is 0 Å². The highest BCUT2D eigenvalue weighted by Gasteiger charge is 2.41. The van der Waals surface area contributed by atoms with Crippen LogP contribution in [0.5, 0.6) is 0 Å². The summed E-state index contributed by atoms with van der Waals surface area (Å²) in [4.78, 5) is 136. The third kappa shape index (κ3) is 23.2. The van der Waals surface area contributed by atoms with E-state index in [1.807, 2.05) is 86.6 Å². The minimum atomic E-state index is -1.04. The van der Waals surface area contributed by atoms with Crippen LogP contribution in [0.4, 0.5) is 17.6 Å². The fraction of sp³-hybridized carbons (Fsp3) is 0.462. The first kappa shape index (κ1) is 101. The fourth-order valence-corrected chi connectivity index (χ4v) is 18.4. The monoisotopic (exact) mass is 1920 g/mol. The van der Waals surface area contributed by atoms with Crippen molar-refractivity contribution < 1.29 is 76.3 Å². The van der Waals surface area contributed by atoms with Crippen LogP contribution < -0.4 is 0 Å². The third-order valence-electron chi connectivity index (χ3n) is 26.9. The quantitative estimate of drug-likeness (QED) is 0.0432. The highest BCUT2D eigenvalue weighted by atomic mass is 19.1. The highest BCUT2D eigenvalue weighted by molar-refractivity contribution is 5.96. The van der Waals surface area contributed by atoms with Gasteiger partial charge in [-0.2, -0.15) is 20.4 Å². The molecule has 4 aliphatic heterocycles. The van der Waals surface area contributed by atoms with Crippen molar-refractivity contribution in [2.24, 2.45) is 23.7 Å². The summed E-state index contributed by atoms with van der Waals surface area (Å²) in [5.41, 5.74) is 13.2. The molecule has 0 spiro atoms. The molecule has 4 N–H and O–H groups in total. The number of halogens is 4. The molecule has 0 bridgehead atoms. The average molecular weight is 1920 g/mol. The summed E-state index contributed by atoms with van der Waals surface area (Å²) in [6.07, 6.45) is 10.4. The van der Waals surface area contributed by atoms with Gasteiger partial charge in [-0.05, 0) is 234 Å². The van der Waals surface area contributed by atoms with Crippen LogP contribution in [0.2, 0.25) is 0 Å². The van der Waals surface area contributed by atoms with Crippen LogP contribution in [0.3, 0.4) is 0 Å². The van der Waals surface area contributed by atoms with Crippen molar-refractivity contribution in [1.29, 1.82) is 0 Å². The number of aryl methyl sites for hydroxylation is 3. The number of imidazole rings is 4. The minimum absolute atomic E-state index is 0.136. The van der Waals surface area contributed by atoms with Gasteiger partial charge in [0.1, 0.15) is 70.5 Å². The molecule has 12 heterocycles. The topological polar surface area (TPSA) is 364 Å². The Morgan fingerprint density at radius 2 is 0.607 bits per heavy atom. The lowest BCUT2D eigenvalue weighted by Gasteiger charge is -2.40. The number of carbonyl (C=O) groups is 8. The molecule has 2 saturated carbocycles. The van der Waals surface area contributed by atoms with E-state index < -0.39 is 24.4 Å². The molecule has 6 aliphatic rings. The maximum Gasteiger partial charge on any atom is 0.274 e. The number of benzene rings is 4. The number of rotatable bonds is 23. The fourth-order valence-electron chi connectivity index (χ4n) is 18.4. The first-order valence-corrected chi connectivity index (χ1v) is 48.6. The molecule has 32 nitrogen and oxygen atoms in total. The van der Waals surface area contributed by atoms with Gasteiger partial charge in [0.2, 0.25) is 0 Å². The summed E-state index contributed by atoms with van der Waals surface area (Å²) in [5.74, 6) is -2.07. The number of aliphatic hydroxyl groups is 4. The van der Waals surface area contributed by atoms with Crippen molar-refractivity contribution in [3.8, 4) is 45.0 Å². The lowest BCUT2D eigenvalue weighted by molar-refractivity contribution is -0.146. The van der Waals surface area contributed by atoms with Crippen molar-refractivity contribution >= 4 is 69.8 Å². The Balaban J connectivity index is 0.000000141. The van der Waals surface area contributed by atoms with Gasteiger partial charge in [0.25, 0.3) is 47.3 Å². The average Bonchev–Trinajstić information content (AvgIpc) is 1.63. The molecule has 8 atom stereocenters. The van der Waals surface area contributed by atoms with Crippen LogP contribution >= 0.6 is 0 Å². The smallest absolute Gasteiger partial charge is 0.274 e. The Hall–Kier alpha value is -13.3. The second kappa shape index (κ2) is 43.6. The van der Waals surface area contributed by atoms with Gasteiger partial charge >= 0.3 is 0 Å². The van der Waals surface area contributed by atoms with Crippen LogP contribution in [-0.4, -0.2) is 292 Å². The van der Waals surface area contributed by atoms with E-state index in [0.29, 0.717) is 186 Å². The van der Waals surface area contributed by atoms with Gasteiger partial charge in [-0.3, -0.25) is 38.4 Å².